The van der Waals surface area contributed by atoms with E-state index >= 15 is 0 Å². The summed E-state index contributed by atoms with van der Waals surface area (Å²) in [6.07, 6.45) is 56.2. The number of allylic oxidation sites excluding steroid dienone is 15. The van der Waals surface area contributed by atoms with Crippen LogP contribution in [-0.4, -0.2) is 41.6 Å². The Balaban J connectivity index is 4.46. The molecule has 0 fully saturated rings. The first-order valence-corrected chi connectivity index (χ1v) is 21.6. The monoisotopic (exact) mass is 763 g/mol. The highest BCUT2D eigenvalue weighted by atomic mass is 16.5. The van der Waals surface area contributed by atoms with E-state index in [4.69, 9.17) is 10.5 Å². The summed E-state index contributed by atoms with van der Waals surface area (Å²) < 4.78 is 5.89. The predicted molar refractivity (Wildman–Crippen MR) is 234 cm³/mol. The van der Waals surface area contributed by atoms with E-state index < -0.39 is 12.0 Å². The van der Waals surface area contributed by atoms with Crippen LogP contribution in [0.2, 0.25) is 0 Å². The van der Waals surface area contributed by atoms with Crippen molar-refractivity contribution in [3.05, 3.63) is 97.2 Å². The summed E-state index contributed by atoms with van der Waals surface area (Å²) in [4.78, 5) is 36.2. The largest absolute Gasteiger partial charge is 0.480 e. The van der Waals surface area contributed by atoms with E-state index in [2.05, 4.69) is 110 Å². The molecule has 0 aromatic rings. The molecule has 1 amide bonds. The molecule has 0 aliphatic heterocycles. The van der Waals surface area contributed by atoms with Gasteiger partial charge >= 0.3 is 11.9 Å². The second-order valence-electron chi connectivity index (χ2n) is 14.0. The molecule has 0 bridgehead atoms. The van der Waals surface area contributed by atoms with Gasteiger partial charge in [0.15, 0.2) is 0 Å². The minimum Gasteiger partial charge on any atom is -0.480 e. The number of carbonyl (C=O) groups is 3. The number of ether oxygens (including phenoxy) is 1. The van der Waals surface area contributed by atoms with Crippen LogP contribution in [0.15, 0.2) is 97.2 Å². The summed E-state index contributed by atoms with van der Waals surface area (Å²) in [6.45, 7) is 4.78. The molecule has 7 nitrogen and oxygen atoms in total. The highest BCUT2D eigenvalue weighted by Crippen LogP contribution is 2.14. The lowest BCUT2D eigenvalue weighted by Gasteiger charge is -2.14. The normalized spacial score (nSPS) is 13.7. The number of unbranched alkanes of at least 4 members (excludes halogenated alkanes) is 9. The number of carboxylic acid groups (broad SMARTS) is 1. The number of amides is 1. The van der Waals surface area contributed by atoms with Crippen LogP contribution in [-0.2, 0) is 19.1 Å². The molecule has 0 radical (unpaired) electrons. The SMILES string of the molecule is CC/C=C\C/C=C\C/C=C\C/C=C\C/C=C\C/C=C\CCC(=O)OC(/C=C\C/C=C\CCCCCC)CCCCCCCCC(=O)NC(CCCN)C(=O)O. The molecule has 0 spiro atoms. The molecule has 0 heterocycles. The summed E-state index contributed by atoms with van der Waals surface area (Å²) >= 11 is 0. The second kappa shape index (κ2) is 41.5. The summed E-state index contributed by atoms with van der Waals surface area (Å²) in [5, 5.41) is 11.9. The maximum absolute atomic E-state index is 12.7. The number of carboxylic acids is 1. The third kappa shape index (κ3) is 38.4. The summed E-state index contributed by atoms with van der Waals surface area (Å²) in [7, 11) is 0. The molecule has 2 unspecified atom stereocenters. The molecule has 0 rings (SSSR count). The van der Waals surface area contributed by atoms with Crippen molar-refractivity contribution in [3.63, 3.8) is 0 Å². The molecule has 0 saturated carbocycles. The predicted octanol–water partition coefficient (Wildman–Crippen LogP) is 12.3. The molecule has 0 aliphatic carbocycles. The Morgan fingerprint density at radius 1 is 0.564 bits per heavy atom. The maximum Gasteiger partial charge on any atom is 0.326 e. The first kappa shape index (κ1) is 51.3. The van der Waals surface area contributed by atoms with Gasteiger partial charge in [0.2, 0.25) is 5.91 Å². The van der Waals surface area contributed by atoms with E-state index in [0.717, 1.165) is 96.3 Å². The lowest BCUT2D eigenvalue weighted by atomic mass is 10.0. The maximum atomic E-state index is 12.7. The number of esters is 1. The van der Waals surface area contributed by atoms with Crippen molar-refractivity contribution in [2.75, 3.05) is 6.54 Å². The molecule has 0 aromatic carbocycles. The van der Waals surface area contributed by atoms with Gasteiger partial charge in [-0.05, 0) is 109 Å². The Hall–Kier alpha value is -3.71. The zero-order valence-corrected chi connectivity index (χ0v) is 34.7. The molecule has 2 atom stereocenters. The fourth-order valence-corrected chi connectivity index (χ4v) is 5.66. The van der Waals surface area contributed by atoms with Gasteiger partial charge in [0.05, 0.1) is 0 Å². The fourth-order valence-electron chi connectivity index (χ4n) is 5.66. The molecule has 310 valence electrons. The first-order chi connectivity index (χ1) is 26.9. The van der Waals surface area contributed by atoms with Crippen LogP contribution in [0.25, 0.3) is 0 Å². The van der Waals surface area contributed by atoms with Crippen molar-refractivity contribution in [2.24, 2.45) is 5.73 Å². The van der Waals surface area contributed by atoms with Gasteiger partial charge in [-0.2, -0.15) is 0 Å². The zero-order chi connectivity index (χ0) is 40.3. The van der Waals surface area contributed by atoms with E-state index in [9.17, 15) is 19.5 Å². The fraction of sp³-hybridized carbons (Fsp3) is 0.604. The summed E-state index contributed by atoms with van der Waals surface area (Å²) in [6, 6.07) is -0.865. The Morgan fingerprint density at radius 2 is 1.07 bits per heavy atom. The summed E-state index contributed by atoms with van der Waals surface area (Å²) in [5.74, 6) is -1.39. The number of hydrogen-bond acceptors (Lipinski definition) is 5. The average Bonchev–Trinajstić information content (AvgIpc) is 3.17. The summed E-state index contributed by atoms with van der Waals surface area (Å²) in [5.41, 5.74) is 5.47. The molecule has 0 saturated heterocycles. The van der Waals surface area contributed by atoms with Crippen LogP contribution in [0.5, 0.6) is 0 Å². The van der Waals surface area contributed by atoms with Gasteiger partial charge in [-0.25, -0.2) is 4.79 Å². The van der Waals surface area contributed by atoms with Gasteiger partial charge in [0.1, 0.15) is 12.1 Å². The van der Waals surface area contributed by atoms with Gasteiger partial charge in [-0.15, -0.1) is 0 Å². The quantitative estimate of drug-likeness (QED) is 0.0329. The zero-order valence-electron chi connectivity index (χ0n) is 34.7. The van der Waals surface area contributed by atoms with Crippen molar-refractivity contribution < 1.29 is 24.2 Å². The number of carbonyl (C=O) groups excluding carboxylic acids is 2. The highest BCUT2D eigenvalue weighted by Gasteiger charge is 2.18. The molecule has 0 aromatic heterocycles. The number of nitrogens with two attached hydrogens (primary N) is 1. The van der Waals surface area contributed by atoms with Gasteiger partial charge in [0.25, 0.3) is 0 Å². The Morgan fingerprint density at radius 3 is 1.64 bits per heavy atom. The number of rotatable bonds is 37. The lowest BCUT2D eigenvalue weighted by molar-refractivity contribution is -0.147. The molecule has 55 heavy (non-hydrogen) atoms. The van der Waals surface area contributed by atoms with Gasteiger partial charge in [-0.1, -0.05) is 150 Å². The number of hydrogen-bond donors (Lipinski definition) is 3. The Labute approximate surface area is 336 Å². The van der Waals surface area contributed by atoms with Crippen molar-refractivity contribution in [1.82, 2.24) is 5.32 Å². The smallest absolute Gasteiger partial charge is 0.326 e. The van der Waals surface area contributed by atoms with E-state index in [1.165, 1.54) is 25.7 Å². The number of aliphatic carboxylic acids is 1. The van der Waals surface area contributed by atoms with E-state index in [1.807, 2.05) is 6.08 Å². The minimum absolute atomic E-state index is 0.160. The van der Waals surface area contributed by atoms with Crippen molar-refractivity contribution in [2.45, 2.75) is 180 Å². The van der Waals surface area contributed by atoms with Gasteiger partial charge in [-0.3, -0.25) is 9.59 Å². The highest BCUT2D eigenvalue weighted by molar-refractivity contribution is 5.83. The van der Waals surface area contributed by atoms with Gasteiger partial charge in [0, 0.05) is 12.8 Å². The molecular formula is C48H78N2O5. The minimum atomic E-state index is -1.01. The Bertz CT molecular complexity index is 1180. The number of nitrogens with one attached hydrogen (secondary N) is 1. The lowest BCUT2D eigenvalue weighted by Crippen LogP contribution is -2.40. The molecule has 4 N–H and O–H groups in total. The molecule has 0 aliphatic rings. The third-order valence-corrected chi connectivity index (χ3v) is 8.88. The average molecular weight is 763 g/mol. The van der Waals surface area contributed by atoms with E-state index in [0.29, 0.717) is 38.6 Å². The van der Waals surface area contributed by atoms with E-state index in [-0.39, 0.29) is 18.0 Å². The van der Waals surface area contributed by atoms with Crippen LogP contribution in [0.4, 0.5) is 0 Å². The van der Waals surface area contributed by atoms with Gasteiger partial charge < -0.3 is 20.9 Å². The first-order valence-electron chi connectivity index (χ1n) is 21.6. The Kier molecular flexibility index (Phi) is 38.7. The van der Waals surface area contributed by atoms with Crippen LogP contribution >= 0.6 is 0 Å². The third-order valence-electron chi connectivity index (χ3n) is 8.88. The van der Waals surface area contributed by atoms with Crippen LogP contribution in [0, 0.1) is 0 Å². The molecular weight excluding hydrogens is 685 g/mol. The van der Waals surface area contributed by atoms with Crippen molar-refractivity contribution in [1.29, 1.82) is 0 Å². The van der Waals surface area contributed by atoms with Crippen LogP contribution < -0.4 is 11.1 Å². The van der Waals surface area contributed by atoms with Crippen LogP contribution in [0.3, 0.4) is 0 Å². The standard InChI is InChI=1S/C48H78N2O5/c1-3-5-7-9-11-13-14-15-16-17-18-19-20-21-22-24-26-32-36-42-47(52)55-44(38-33-29-25-23-12-10-8-6-4-2)39-34-30-27-28-31-35-41-46(51)50-45(48(53)54)40-37-43-49/h5,7,11,13,15-16,18-19,21-23,25-26,32-33,38,44-45H,3-4,6,8-10,12,14,17,20,24,27-31,34-37,39-43,49H2,1-2H3,(H,50,51)(H,53,54)/b7-5-,13-11-,16-15-,19-18-,22-21-,25-23-,32-26-,38-33-. The van der Waals surface area contributed by atoms with Crippen LogP contribution in [0.1, 0.15) is 168 Å². The topological polar surface area (TPSA) is 119 Å². The van der Waals surface area contributed by atoms with E-state index in [1.54, 1.807) is 0 Å². The molecule has 7 heteroatoms. The van der Waals surface area contributed by atoms with Crippen molar-refractivity contribution >= 4 is 17.8 Å². The van der Waals surface area contributed by atoms with Crippen molar-refractivity contribution in [3.8, 4) is 0 Å². The second-order valence-corrected chi connectivity index (χ2v) is 14.0.